The van der Waals surface area contributed by atoms with Crippen LogP contribution in [0.3, 0.4) is 0 Å². The third kappa shape index (κ3) is 3.38. The Morgan fingerprint density at radius 1 is 1.27 bits per heavy atom. The van der Waals surface area contributed by atoms with Gasteiger partial charge in [0.05, 0.1) is 0 Å². The van der Waals surface area contributed by atoms with Crippen molar-refractivity contribution in [1.29, 1.82) is 0 Å². The van der Waals surface area contributed by atoms with E-state index in [9.17, 15) is 31.1 Å². The van der Waals surface area contributed by atoms with Crippen molar-refractivity contribution < 1.29 is 36.2 Å². The minimum absolute atomic E-state index is 0.145. The van der Waals surface area contributed by atoms with E-state index in [0.717, 1.165) is 17.9 Å². The summed E-state index contributed by atoms with van der Waals surface area (Å²) in [6.07, 6.45) is -7.79. The molecule has 0 aliphatic heterocycles. The fourth-order valence-electron chi connectivity index (χ4n) is 4.06. The molecule has 26 heavy (non-hydrogen) atoms. The number of fused-ring (bicyclic) bond motifs is 1. The van der Waals surface area contributed by atoms with Crippen molar-refractivity contribution in [2.24, 2.45) is 17.3 Å². The molecule has 1 unspecified atom stereocenters. The molecule has 0 aromatic carbocycles. The third-order valence-corrected chi connectivity index (χ3v) is 5.54. The number of carbonyl (C=O) groups is 1. The number of rotatable bonds is 2. The molecule has 0 heterocycles. The molecule has 0 aromatic rings. The Balaban J connectivity index is 2.18. The number of hydrogen-bond acceptors (Lipinski definition) is 2. The van der Waals surface area contributed by atoms with Crippen LogP contribution in [0.2, 0.25) is 0 Å². The lowest BCUT2D eigenvalue weighted by Gasteiger charge is -2.39. The van der Waals surface area contributed by atoms with E-state index >= 15 is 0 Å². The van der Waals surface area contributed by atoms with Crippen LogP contribution in [0.1, 0.15) is 46.0 Å². The highest BCUT2D eigenvalue weighted by atomic mass is 19.4. The Hall–Kier alpha value is -1.49. The number of carbonyl (C=O) groups excluding carboxylic acids is 1. The van der Waals surface area contributed by atoms with Crippen LogP contribution in [0, 0.1) is 29.1 Å². The van der Waals surface area contributed by atoms with Crippen molar-refractivity contribution in [1.82, 2.24) is 0 Å². The number of ketones is 1. The van der Waals surface area contributed by atoms with Crippen molar-refractivity contribution in [2.75, 3.05) is 0 Å². The minimum atomic E-state index is -5.94. The molecule has 1 N–H and O–H groups in total. The highest BCUT2D eigenvalue weighted by Gasteiger charge is 2.70. The third-order valence-electron chi connectivity index (χ3n) is 5.54. The van der Waals surface area contributed by atoms with Crippen LogP contribution in [-0.2, 0) is 4.79 Å². The first-order valence-corrected chi connectivity index (χ1v) is 8.33. The predicted octanol–water partition coefficient (Wildman–Crippen LogP) is 4.58. The Bertz CT molecular complexity index is 650. The van der Waals surface area contributed by atoms with Gasteiger partial charge in [0.1, 0.15) is 5.78 Å². The topological polar surface area (TPSA) is 37.3 Å². The lowest BCUT2D eigenvalue weighted by atomic mass is 9.63. The summed E-state index contributed by atoms with van der Waals surface area (Å²) in [7, 11) is 0. The van der Waals surface area contributed by atoms with Crippen LogP contribution in [0.4, 0.5) is 26.3 Å². The fourth-order valence-corrected chi connectivity index (χ4v) is 4.06. The number of alkyl halides is 6. The van der Waals surface area contributed by atoms with Crippen molar-refractivity contribution in [3.63, 3.8) is 0 Å². The number of Topliss-reactive ketones (excluding diaryl/α,β-unsaturated/α-hetero) is 1. The van der Waals surface area contributed by atoms with Gasteiger partial charge in [0.25, 0.3) is 0 Å². The van der Waals surface area contributed by atoms with Gasteiger partial charge >= 0.3 is 18.0 Å². The second-order valence-corrected chi connectivity index (χ2v) is 7.30. The van der Waals surface area contributed by atoms with Gasteiger partial charge < -0.3 is 5.11 Å². The van der Waals surface area contributed by atoms with Crippen molar-refractivity contribution in [3.8, 4) is 11.8 Å². The van der Waals surface area contributed by atoms with Gasteiger partial charge in [-0.2, -0.15) is 26.3 Å². The van der Waals surface area contributed by atoms with Crippen LogP contribution in [-0.4, -0.2) is 28.8 Å². The molecule has 2 aliphatic carbocycles. The first-order valence-electron chi connectivity index (χ1n) is 8.33. The lowest BCUT2D eigenvalue weighted by Crippen LogP contribution is -2.55. The second-order valence-electron chi connectivity index (χ2n) is 7.30. The van der Waals surface area contributed by atoms with E-state index in [2.05, 4.69) is 0 Å². The van der Waals surface area contributed by atoms with Gasteiger partial charge in [-0.1, -0.05) is 31.4 Å². The predicted molar refractivity (Wildman–Crippen MR) is 81.8 cm³/mol. The summed E-state index contributed by atoms with van der Waals surface area (Å²) in [4.78, 5) is 12.1. The molecule has 2 aliphatic rings. The van der Waals surface area contributed by atoms with Gasteiger partial charge in [-0.25, -0.2) is 0 Å². The highest BCUT2D eigenvalue weighted by Crippen LogP contribution is 2.53. The van der Waals surface area contributed by atoms with E-state index in [4.69, 9.17) is 5.11 Å². The summed E-state index contributed by atoms with van der Waals surface area (Å²) < 4.78 is 75.8. The van der Waals surface area contributed by atoms with E-state index in [1.54, 1.807) is 6.92 Å². The standard InChI is InChI=1S/C18H20F6O2/c1-11(5-3-10-16(26,17(19,20)21)18(22,23)24)12-7-8-13-14(25)6-4-9-15(12,13)2/h7,11,13,26H,4-6,8-9H2,1-2H3/t11-,13?,15-/m1/s1. The fraction of sp³-hybridized carbons (Fsp3) is 0.722. The summed E-state index contributed by atoms with van der Waals surface area (Å²) >= 11 is 0. The number of hydrogen-bond donors (Lipinski definition) is 1. The van der Waals surface area contributed by atoms with Gasteiger partial charge in [-0.05, 0) is 36.5 Å². The molecule has 1 saturated carbocycles. The van der Waals surface area contributed by atoms with E-state index in [1.165, 1.54) is 0 Å². The van der Waals surface area contributed by atoms with Gasteiger partial charge in [-0.15, -0.1) is 0 Å². The van der Waals surface area contributed by atoms with E-state index in [0.29, 0.717) is 19.3 Å². The van der Waals surface area contributed by atoms with E-state index in [-0.39, 0.29) is 18.1 Å². The Morgan fingerprint density at radius 3 is 2.38 bits per heavy atom. The Kier molecular flexibility index (Phi) is 5.28. The number of allylic oxidation sites excluding steroid dienone is 2. The number of aliphatic hydroxyl groups is 1. The first kappa shape index (κ1) is 20.8. The molecule has 2 nitrogen and oxygen atoms in total. The van der Waals surface area contributed by atoms with Crippen LogP contribution < -0.4 is 0 Å². The molecular weight excluding hydrogens is 362 g/mol. The van der Waals surface area contributed by atoms with Crippen LogP contribution in [0.15, 0.2) is 11.6 Å². The molecule has 146 valence electrons. The maximum atomic E-state index is 12.6. The molecule has 0 spiro atoms. The summed E-state index contributed by atoms with van der Waals surface area (Å²) in [5, 5.41) is 9.05. The van der Waals surface area contributed by atoms with Crippen LogP contribution in [0.5, 0.6) is 0 Å². The molecule has 0 bridgehead atoms. The molecule has 8 heteroatoms. The highest BCUT2D eigenvalue weighted by molar-refractivity contribution is 5.84. The van der Waals surface area contributed by atoms with Crippen molar-refractivity contribution in [2.45, 2.75) is 63.9 Å². The first-order chi connectivity index (χ1) is 11.7. The van der Waals surface area contributed by atoms with Gasteiger partial charge in [0, 0.05) is 18.8 Å². The zero-order valence-corrected chi connectivity index (χ0v) is 14.4. The Morgan fingerprint density at radius 2 is 1.85 bits per heavy atom. The summed E-state index contributed by atoms with van der Waals surface area (Å²) in [5.74, 6) is 2.42. The molecule has 0 amide bonds. The summed E-state index contributed by atoms with van der Waals surface area (Å²) in [6.45, 7) is 3.58. The molecule has 0 aromatic heterocycles. The van der Waals surface area contributed by atoms with Crippen LogP contribution >= 0.6 is 0 Å². The summed E-state index contributed by atoms with van der Waals surface area (Å²) in [6, 6.07) is 0. The average Bonchev–Trinajstić information content (AvgIpc) is 2.83. The van der Waals surface area contributed by atoms with Gasteiger partial charge in [0.15, 0.2) is 0 Å². The number of halogens is 6. The van der Waals surface area contributed by atoms with E-state index < -0.39 is 29.3 Å². The summed E-state index contributed by atoms with van der Waals surface area (Å²) in [5.41, 5.74) is -4.61. The smallest absolute Gasteiger partial charge is 0.363 e. The molecule has 1 fully saturated rings. The van der Waals surface area contributed by atoms with Crippen molar-refractivity contribution >= 4 is 5.78 Å². The molecule has 0 radical (unpaired) electrons. The van der Waals surface area contributed by atoms with Gasteiger partial charge in [0.2, 0.25) is 0 Å². The molecular formula is C18H20F6O2. The average molecular weight is 382 g/mol. The monoisotopic (exact) mass is 382 g/mol. The Labute approximate surface area is 147 Å². The van der Waals surface area contributed by atoms with Gasteiger partial charge in [-0.3, -0.25) is 4.79 Å². The maximum absolute atomic E-state index is 12.6. The van der Waals surface area contributed by atoms with Crippen LogP contribution in [0.25, 0.3) is 0 Å². The normalized spacial score (nSPS) is 28.1. The molecule has 2 rings (SSSR count). The quantitative estimate of drug-likeness (QED) is 0.431. The second kappa shape index (κ2) is 6.59. The maximum Gasteiger partial charge on any atom is 0.438 e. The SMILES string of the molecule is C[C@H](CC#CC(O)(C(F)(F)F)C(F)(F)F)C1=CCC2C(=O)CCC[C@]12C. The largest absolute Gasteiger partial charge is 0.438 e. The minimum Gasteiger partial charge on any atom is -0.363 e. The molecule has 0 saturated heterocycles. The lowest BCUT2D eigenvalue weighted by molar-refractivity contribution is -0.343. The van der Waals surface area contributed by atoms with E-state index in [1.807, 2.05) is 18.9 Å². The molecule has 3 atom stereocenters. The zero-order chi connectivity index (χ0) is 20.0. The van der Waals surface area contributed by atoms with Crippen molar-refractivity contribution in [3.05, 3.63) is 11.6 Å². The zero-order valence-electron chi connectivity index (χ0n) is 14.4.